The van der Waals surface area contributed by atoms with Gasteiger partial charge in [-0.2, -0.15) is 0 Å². The Bertz CT molecular complexity index is 480. The van der Waals surface area contributed by atoms with E-state index in [2.05, 4.69) is 20.9 Å². The molecule has 2 rings (SSSR count). The first-order valence-electron chi connectivity index (χ1n) is 5.46. The summed E-state index contributed by atoms with van der Waals surface area (Å²) in [6, 6.07) is 8.10. The van der Waals surface area contributed by atoms with Gasteiger partial charge < -0.3 is 5.11 Å². The molecule has 2 aromatic rings. The number of thiazole rings is 1. The van der Waals surface area contributed by atoms with Crippen molar-refractivity contribution in [3.05, 3.63) is 50.4 Å². The quantitative estimate of drug-likeness (QED) is 0.937. The molecule has 4 heteroatoms. The van der Waals surface area contributed by atoms with E-state index in [4.69, 9.17) is 0 Å². The highest BCUT2D eigenvalue weighted by Gasteiger charge is 2.13. The molecule has 0 aliphatic heterocycles. The second kappa shape index (κ2) is 5.76. The van der Waals surface area contributed by atoms with Crippen LogP contribution in [0.15, 0.2) is 34.1 Å². The number of nitrogens with zero attached hydrogens (tertiary/aromatic N) is 1. The van der Waals surface area contributed by atoms with Crippen LogP contribution in [-0.2, 0) is 6.42 Å². The maximum absolute atomic E-state index is 9.48. The fourth-order valence-electron chi connectivity index (χ4n) is 1.73. The van der Waals surface area contributed by atoms with Crippen LogP contribution in [0.3, 0.4) is 0 Å². The first kappa shape index (κ1) is 12.7. The largest absolute Gasteiger partial charge is 0.396 e. The van der Waals surface area contributed by atoms with Crippen molar-refractivity contribution in [2.24, 2.45) is 0 Å². The molecule has 0 saturated carbocycles. The van der Waals surface area contributed by atoms with Gasteiger partial charge in [-0.25, -0.2) is 4.98 Å². The van der Waals surface area contributed by atoms with Crippen molar-refractivity contribution in [2.45, 2.75) is 19.3 Å². The highest BCUT2D eigenvalue weighted by molar-refractivity contribution is 9.10. The summed E-state index contributed by atoms with van der Waals surface area (Å²) in [5, 5.41) is 12.6. The van der Waals surface area contributed by atoms with Gasteiger partial charge in [-0.3, -0.25) is 0 Å². The molecule has 0 aliphatic carbocycles. The maximum atomic E-state index is 9.48. The van der Waals surface area contributed by atoms with Crippen molar-refractivity contribution in [1.82, 2.24) is 4.98 Å². The SMILES string of the molecule is Cc1csc(CC(CO)c2ccc(Br)cc2)n1. The van der Waals surface area contributed by atoms with Gasteiger partial charge in [-0.15, -0.1) is 11.3 Å². The second-order valence-electron chi connectivity index (χ2n) is 4.02. The number of hydrogen-bond acceptors (Lipinski definition) is 3. The van der Waals surface area contributed by atoms with Gasteiger partial charge in [0.2, 0.25) is 0 Å². The second-order valence-corrected chi connectivity index (χ2v) is 5.88. The molecule has 17 heavy (non-hydrogen) atoms. The van der Waals surface area contributed by atoms with Crippen LogP contribution in [0, 0.1) is 6.92 Å². The van der Waals surface area contributed by atoms with Crippen LogP contribution in [0.4, 0.5) is 0 Å². The van der Waals surface area contributed by atoms with E-state index in [1.807, 2.05) is 36.6 Å². The highest BCUT2D eigenvalue weighted by Crippen LogP contribution is 2.23. The average Bonchev–Trinajstić information content (AvgIpc) is 2.73. The molecule has 2 nitrogen and oxygen atoms in total. The molecule has 1 aromatic carbocycles. The molecule has 1 aromatic heterocycles. The van der Waals surface area contributed by atoms with Crippen molar-refractivity contribution in [3.8, 4) is 0 Å². The van der Waals surface area contributed by atoms with E-state index >= 15 is 0 Å². The summed E-state index contributed by atoms with van der Waals surface area (Å²) in [6.07, 6.45) is 0.802. The Morgan fingerprint density at radius 1 is 1.35 bits per heavy atom. The smallest absolute Gasteiger partial charge is 0.0935 e. The zero-order valence-electron chi connectivity index (χ0n) is 9.56. The van der Waals surface area contributed by atoms with Crippen LogP contribution in [0.2, 0.25) is 0 Å². The lowest BCUT2D eigenvalue weighted by Crippen LogP contribution is -2.07. The minimum atomic E-state index is 0.133. The number of aromatic nitrogens is 1. The van der Waals surface area contributed by atoms with Gasteiger partial charge in [0.1, 0.15) is 0 Å². The van der Waals surface area contributed by atoms with Gasteiger partial charge in [-0.05, 0) is 24.6 Å². The Kier molecular flexibility index (Phi) is 4.31. The molecule has 0 bridgehead atoms. The number of aliphatic hydroxyl groups is 1. The molecule has 0 aliphatic rings. The van der Waals surface area contributed by atoms with E-state index < -0.39 is 0 Å². The molecule has 0 spiro atoms. The number of hydrogen-bond donors (Lipinski definition) is 1. The van der Waals surface area contributed by atoms with Crippen molar-refractivity contribution >= 4 is 27.3 Å². The first-order valence-corrected chi connectivity index (χ1v) is 7.13. The molecule has 1 unspecified atom stereocenters. The van der Waals surface area contributed by atoms with Crippen LogP contribution in [0.5, 0.6) is 0 Å². The summed E-state index contributed by atoms with van der Waals surface area (Å²) in [5.74, 6) is 0.133. The van der Waals surface area contributed by atoms with Crippen molar-refractivity contribution in [3.63, 3.8) is 0 Å². The van der Waals surface area contributed by atoms with Crippen LogP contribution >= 0.6 is 27.3 Å². The zero-order chi connectivity index (χ0) is 12.3. The summed E-state index contributed by atoms with van der Waals surface area (Å²) >= 11 is 5.07. The molecule has 0 fully saturated rings. The van der Waals surface area contributed by atoms with Gasteiger partial charge in [0.05, 0.1) is 11.6 Å². The monoisotopic (exact) mass is 311 g/mol. The minimum absolute atomic E-state index is 0.133. The van der Waals surface area contributed by atoms with Gasteiger partial charge in [0.15, 0.2) is 0 Å². The van der Waals surface area contributed by atoms with E-state index in [9.17, 15) is 5.11 Å². The topological polar surface area (TPSA) is 33.1 Å². The summed E-state index contributed by atoms with van der Waals surface area (Å²) in [4.78, 5) is 4.44. The summed E-state index contributed by atoms with van der Waals surface area (Å²) < 4.78 is 1.06. The number of halogens is 1. The number of aliphatic hydroxyl groups excluding tert-OH is 1. The fraction of sp³-hybridized carbons (Fsp3) is 0.308. The Labute approximate surface area is 113 Å². The number of rotatable bonds is 4. The fourth-order valence-corrected chi connectivity index (χ4v) is 2.85. The zero-order valence-corrected chi connectivity index (χ0v) is 12.0. The van der Waals surface area contributed by atoms with E-state index in [-0.39, 0.29) is 12.5 Å². The Hall–Kier alpha value is -0.710. The number of benzene rings is 1. The van der Waals surface area contributed by atoms with Crippen molar-refractivity contribution in [2.75, 3.05) is 6.61 Å². The maximum Gasteiger partial charge on any atom is 0.0935 e. The average molecular weight is 312 g/mol. The summed E-state index contributed by atoms with van der Waals surface area (Å²) in [6.45, 7) is 2.15. The van der Waals surface area contributed by atoms with Crippen molar-refractivity contribution < 1.29 is 5.11 Å². The van der Waals surface area contributed by atoms with Crippen molar-refractivity contribution in [1.29, 1.82) is 0 Å². The molecule has 0 radical (unpaired) electrons. The molecule has 0 saturated heterocycles. The van der Waals surface area contributed by atoms with Gasteiger partial charge >= 0.3 is 0 Å². The van der Waals surface area contributed by atoms with E-state index in [1.54, 1.807) is 11.3 Å². The van der Waals surface area contributed by atoms with Crippen LogP contribution < -0.4 is 0 Å². The molecule has 90 valence electrons. The predicted octanol–water partition coefficient (Wildman–Crippen LogP) is 3.53. The standard InChI is InChI=1S/C13H14BrNOS/c1-9-8-17-13(15-9)6-11(7-16)10-2-4-12(14)5-3-10/h2-5,8,11,16H,6-7H2,1H3. The summed E-state index contributed by atoms with van der Waals surface area (Å²) in [5.41, 5.74) is 2.21. The number of aryl methyl sites for hydroxylation is 1. The third-order valence-electron chi connectivity index (χ3n) is 2.65. The summed E-state index contributed by atoms with van der Waals surface area (Å²) in [7, 11) is 0. The third kappa shape index (κ3) is 3.37. The molecule has 1 heterocycles. The van der Waals surface area contributed by atoms with E-state index in [0.29, 0.717) is 0 Å². The molecule has 0 amide bonds. The first-order chi connectivity index (χ1) is 8.19. The lowest BCUT2D eigenvalue weighted by Gasteiger charge is -2.13. The minimum Gasteiger partial charge on any atom is -0.396 e. The van der Waals surface area contributed by atoms with Crippen LogP contribution in [-0.4, -0.2) is 16.7 Å². The van der Waals surface area contributed by atoms with Gasteiger partial charge in [0.25, 0.3) is 0 Å². The molecular formula is C13H14BrNOS. The highest BCUT2D eigenvalue weighted by atomic mass is 79.9. The predicted molar refractivity (Wildman–Crippen MR) is 74.5 cm³/mol. The Balaban J connectivity index is 2.13. The van der Waals surface area contributed by atoms with Crippen LogP contribution in [0.25, 0.3) is 0 Å². The molecule has 1 atom stereocenters. The lowest BCUT2D eigenvalue weighted by atomic mass is 9.97. The third-order valence-corrected chi connectivity index (χ3v) is 4.17. The molecular weight excluding hydrogens is 298 g/mol. The Morgan fingerprint density at radius 2 is 2.06 bits per heavy atom. The van der Waals surface area contributed by atoms with Gasteiger partial charge in [0, 0.05) is 27.9 Å². The Morgan fingerprint density at radius 3 is 2.59 bits per heavy atom. The molecule has 1 N–H and O–H groups in total. The van der Waals surface area contributed by atoms with Crippen LogP contribution in [0.1, 0.15) is 22.2 Å². The normalized spacial score (nSPS) is 12.6. The van der Waals surface area contributed by atoms with Gasteiger partial charge in [-0.1, -0.05) is 28.1 Å². The van der Waals surface area contributed by atoms with E-state index in [1.165, 1.54) is 0 Å². The lowest BCUT2D eigenvalue weighted by molar-refractivity contribution is 0.264. The van der Waals surface area contributed by atoms with E-state index in [0.717, 1.165) is 27.2 Å².